The van der Waals surface area contributed by atoms with Crippen LogP contribution in [-0.2, 0) is 9.53 Å². The molecule has 10 heteroatoms. The summed E-state index contributed by atoms with van der Waals surface area (Å²) in [6.07, 6.45) is 5.19. The van der Waals surface area contributed by atoms with Gasteiger partial charge in [-0.05, 0) is 18.6 Å². The van der Waals surface area contributed by atoms with Gasteiger partial charge in [0.2, 0.25) is 5.95 Å². The van der Waals surface area contributed by atoms with Crippen molar-refractivity contribution in [2.24, 2.45) is 0 Å². The molecule has 8 nitrogen and oxygen atoms in total. The molecule has 3 aromatic rings. The highest BCUT2D eigenvalue weighted by Gasteiger charge is 2.52. The lowest BCUT2D eigenvalue weighted by atomic mass is 9.89. The van der Waals surface area contributed by atoms with Crippen LogP contribution in [0.25, 0.3) is 17.3 Å². The molecular weight excluding hydrogens is 406 g/mol. The number of anilines is 2. The Morgan fingerprint density at radius 2 is 2.10 bits per heavy atom. The highest BCUT2D eigenvalue weighted by molar-refractivity contribution is 6.07. The third kappa shape index (κ3) is 2.74. The topological polar surface area (TPSA) is 76.4 Å². The van der Waals surface area contributed by atoms with Gasteiger partial charge in [-0.3, -0.25) is 9.36 Å². The Bertz CT molecular complexity index is 1180. The van der Waals surface area contributed by atoms with Gasteiger partial charge >= 0.3 is 0 Å². The van der Waals surface area contributed by atoms with Gasteiger partial charge in [-0.25, -0.2) is 18.7 Å². The molecule has 1 aromatic carbocycles. The van der Waals surface area contributed by atoms with Crippen LogP contribution >= 0.6 is 0 Å². The summed E-state index contributed by atoms with van der Waals surface area (Å²) in [6.45, 7) is 3.20. The van der Waals surface area contributed by atoms with Crippen LogP contribution in [0.2, 0.25) is 0 Å². The average Bonchev–Trinajstić information content (AvgIpc) is 3.28. The van der Waals surface area contributed by atoms with E-state index in [0.717, 1.165) is 6.07 Å². The van der Waals surface area contributed by atoms with Gasteiger partial charge in [-0.1, -0.05) is 13.0 Å². The van der Waals surface area contributed by atoms with E-state index in [9.17, 15) is 13.6 Å². The van der Waals surface area contributed by atoms with Gasteiger partial charge in [0.05, 0.1) is 25.0 Å². The fourth-order valence-electron chi connectivity index (χ4n) is 4.29. The number of amides is 1. The number of likely N-dealkylation sites (N-methyl/N-ethyl adjacent to an activating group) is 1. The summed E-state index contributed by atoms with van der Waals surface area (Å²) in [5.74, 6) is -0.994. The maximum Gasteiger partial charge on any atom is 0.255 e. The first-order valence-electron chi connectivity index (χ1n) is 9.96. The SMILES string of the molecule is CCC12COCCN1c1nc(-n3ccnc3-c3cccc(F)c3F)ncc1N(C)C2=O. The van der Waals surface area contributed by atoms with Crippen LogP contribution in [-0.4, -0.2) is 57.8 Å². The summed E-state index contributed by atoms with van der Waals surface area (Å²) in [7, 11) is 1.69. The van der Waals surface area contributed by atoms with Crippen LogP contribution in [0.5, 0.6) is 0 Å². The molecule has 1 fully saturated rings. The molecule has 1 amide bonds. The Morgan fingerprint density at radius 3 is 2.90 bits per heavy atom. The fourth-order valence-corrected chi connectivity index (χ4v) is 4.29. The van der Waals surface area contributed by atoms with Gasteiger partial charge in [-0.15, -0.1) is 0 Å². The van der Waals surface area contributed by atoms with Crippen LogP contribution in [0.4, 0.5) is 20.3 Å². The maximum atomic E-state index is 14.4. The van der Waals surface area contributed by atoms with E-state index < -0.39 is 17.2 Å². The quantitative estimate of drug-likeness (QED) is 0.641. The summed E-state index contributed by atoms with van der Waals surface area (Å²) in [4.78, 5) is 30.0. The smallest absolute Gasteiger partial charge is 0.255 e. The predicted octanol–water partition coefficient (Wildman–Crippen LogP) is 2.57. The van der Waals surface area contributed by atoms with Gasteiger partial charge in [-0.2, -0.15) is 4.98 Å². The molecule has 5 rings (SSSR count). The average molecular weight is 426 g/mol. The van der Waals surface area contributed by atoms with E-state index in [2.05, 4.69) is 9.97 Å². The Morgan fingerprint density at radius 1 is 1.26 bits per heavy atom. The molecule has 0 saturated carbocycles. The van der Waals surface area contributed by atoms with Crippen molar-refractivity contribution >= 4 is 17.4 Å². The van der Waals surface area contributed by atoms with E-state index in [1.807, 2.05) is 11.8 Å². The molecule has 1 unspecified atom stereocenters. The first-order valence-corrected chi connectivity index (χ1v) is 9.96. The van der Waals surface area contributed by atoms with Crippen LogP contribution < -0.4 is 9.80 Å². The third-order valence-corrected chi connectivity index (χ3v) is 6.01. The first kappa shape index (κ1) is 19.6. The lowest BCUT2D eigenvalue weighted by molar-refractivity contribution is -0.128. The number of aromatic nitrogens is 4. The van der Waals surface area contributed by atoms with Crippen LogP contribution in [0.15, 0.2) is 36.8 Å². The highest BCUT2D eigenvalue weighted by atomic mass is 19.2. The number of carbonyl (C=O) groups excluding carboxylic acids is 1. The summed E-state index contributed by atoms with van der Waals surface area (Å²) in [5.41, 5.74) is -0.246. The van der Waals surface area contributed by atoms with Crippen LogP contribution in [0.1, 0.15) is 13.3 Å². The van der Waals surface area contributed by atoms with Crippen LogP contribution in [0.3, 0.4) is 0 Å². The largest absolute Gasteiger partial charge is 0.377 e. The maximum absolute atomic E-state index is 14.4. The number of hydrogen-bond acceptors (Lipinski definition) is 6. The number of hydrogen-bond donors (Lipinski definition) is 0. The molecule has 0 spiro atoms. The highest BCUT2D eigenvalue weighted by Crippen LogP contribution is 2.41. The Balaban J connectivity index is 1.66. The van der Waals surface area contributed by atoms with E-state index >= 15 is 0 Å². The van der Waals surface area contributed by atoms with E-state index in [-0.39, 0.29) is 29.9 Å². The molecule has 0 aliphatic carbocycles. The normalized spacial score (nSPS) is 20.6. The number of halogens is 2. The van der Waals surface area contributed by atoms with Crippen LogP contribution in [0, 0.1) is 11.6 Å². The Hall–Kier alpha value is -3.40. The zero-order valence-corrected chi connectivity index (χ0v) is 17.0. The second-order valence-corrected chi connectivity index (χ2v) is 7.55. The van der Waals surface area contributed by atoms with Crippen molar-refractivity contribution < 1.29 is 18.3 Å². The lowest BCUT2D eigenvalue weighted by Gasteiger charge is -2.51. The molecule has 2 aliphatic heterocycles. The number of rotatable bonds is 3. The van der Waals surface area contributed by atoms with E-state index in [1.54, 1.807) is 24.3 Å². The van der Waals surface area contributed by atoms with Gasteiger partial charge in [0.1, 0.15) is 17.1 Å². The molecule has 0 radical (unpaired) electrons. The standard InChI is InChI=1S/C21H20F2N6O2/c1-3-21-12-31-10-9-29(21)18-15(27(2)19(21)30)11-25-20(26-18)28-8-7-24-17(28)13-5-4-6-14(22)16(13)23/h4-8,11H,3,9-10,12H2,1-2H3. The molecule has 1 atom stereocenters. The second-order valence-electron chi connectivity index (χ2n) is 7.55. The minimum atomic E-state index is -0.989. The van der Waals surface area contributed by atoms with Gasteiger partial charge in [0, 0.05) is 26.0 Å². The molecular formula is C21H20F2N6O2. The molecule has 1 saturated heterocycles. The number of carbonyl (C=O) groups is 1. The number of fused-ring (bicyclic) bond motifs is 3. The fraction of sp³-hybridized carbons (Fsp3) is 0.333. The number of morpholine rings is 1. The van der Waals surface area contributed by atoms with Crippen molar-refractivity contribution in [3.8, 4) is 17.3 Å². The molecule has 160 valence electrons. The van der Waals surface area contributed by atoms with Gasteiger partial charge in [0.25, 0.3) is 5.91 Å². The number of benzene rings is 1. The van der Waals surface area contributed by atoms with Gasteiger partial charge < -0.3 is 14.5 Å². The van der Waals surface area contributed by atoms with E-state index in [1.165, 1.54) is 22.9 Å². The minimum absolute atomic E-state index is 0.00731. The zero-order chi connectivity index (χ0) is 21.8. The van der Waals surface area contributed by atoms with Gasteiger partial charge in [0.15, 0.2) is 17.5 Å². The van der Waals surface area contributed by atoms with E-state index in [0.29, 0.717) is 31.1 Å². The number of ether oxygens (including phenoxy) is 1. The van der Waals surface area contributed by atoms with Crippen molar-refractivity contribution in [1.29, 1.82) is 0 Å². The van der Waals surface area contributed by atoms with Crippen molar-refractivity contribution in [2.45, 2.75) is 18.9 Å². The molecule has 2 aromatic heterocycles. The van der Waals surface area contributed by atoms with Crippen molar-refractivity contribution in [2.75, 3.05) is 36.6 Å². The first-order chi connectivity index (χ1) is 15.0. The second kappa shape index (κ2) is 7.09. The van der Waals surface area contributed by atoms with Crippen molar-refractivity contribution in [1.82, 2.24) is 19.5 Å². The molecule has 0 N–H and O–H groups in total. The molecule has 4 heterocycles. The predicted molar refractivity (Wildman–Crippen MR) is 109 cm³/mol. The molecule has 0 bridgehead atoms. The van der Waals surface area contributed by atoms with Crippen molar-refractivity contribution in [3.05, 3.63) is 48.4 Å². The summed E-state index contributed by atoms with van der Waals surface area (Å²) < 4.78 is 35.3. The summed E-state index contributed by atoms with van der Waals surface area (Å²) >= 11 is 0. The minimum Gasteiger partial charge on any atom is -0.377 e. The number of imidazole rings is 1. The lowest BCUT2D eigenvalue weighted by Crippen LogP contribution is -2.68. The zero-order valence-electron chi connectivity index (χ0n) is 17.0. The molecule has 2 aliphatic rings. The molecule has 31 heavy (non-hydrogen) atoms. The monoisotopic (exact) mass is 426 g/mol. The Labute approximate surface area is 177 Å². The summed E-state index contributed by atoms with van der Waals surface area (Å²) in [6, 6.07) is 3.92. The third-order valence-electron chi connectivity index (χ3n) is 6.01. The summed E-state index contributed by atoms with van der Waals surface area (Å²) in [5, 5.41) is 0. The Kier molecular flexibility index (Phi) is 4.47. The van der Waals surface area contributed by atoms with E-state index in [4.69, 9.17) is 9.72 Å². The van der Waals surface area contributed by atoms with Crippen molar-refractivity contribution in [3.63, 3.8) is 0 Å². The number of nitrogens with zero attached hydrogens (tertiary/aromatic N) is 6.